The van der Waals surface area contributed by atoms with Crippen molar-refractivity contribution in [3.8, 4) is 0 Å². The summed E-state index contributed by atoms with van der Waals surface area (Å²) in [6.45, 7) is 0.596. The Morgan fingerprint density at radius 1 is 1.50 bits per heavy atom. The molecule has 1 unspecified atom stereocenters. The summed E-state index contributed by atoms with van der Waals surface area (Å²) in [5.41, 5.74) is 1.57. The number of carbonyl (C=O) groups is 1. The third-order valence-electron chi connectivity index (χ3n) is 2.58. The van der Waals surface area contributed by atoms with Gasteiger partial charge in [-0.3, -0.25) is 4.79 Å². The number of benzene rings is 1. The fourth-order valence-electron chi connectivity index (χ4n) is 1.84. The van der Waals surface area contributed by atoms with Gasteiger partial charge in [-0.05, 0) is 18.2 Å². The average molecular weight is 349 g/mol. The van der Waals surface area contributed by atoms with Crippen molar-refractivity contribution in [2.24, 2.45) is 0 Å². The molecule has 2 rings (SSSR count). The van der Waals surface area contributed by atoms with E-state index in [2.05, 4.69) is 31.9 Å². The molecule has 1 aromatic carbocycles. The molecule has 0 aromatic heterocycles. The minimum absolute atomic E-state index is 0.0640. The number of amides is 1. The number of hydrogen-bond acceptors (Lipinski definition) is 2. The van der Waals surface area contributed by atoms with Crippen LogP contribution in [0.25, 0.3) is 0 Å². The van der Waals surface area contributed by atoms with Crippen LogP contribution in [-0.2, 0) is 11.4 Å². The fourth-order valence-corrected chi connectivity index (χ4v) is 2.82. The zero-order valence-electron chi connectivity index (χ0n) is 8.49. The van der Waals surface area contributed by atoms with Gasteiger partial charge >= 0.3 is 0 Å². The van der Waals surface area contributed by atoms with Gasteiger partial charge in [-0.25, -0.2) is 0 Å². The molecule has 1 amide bonds. The number of aliphatic hydroxyl groups is 1. The van der Waals surface area contributed by atoms with Gasteiger partial charge in [0, 0.05) is 33.5 Å². The van der Waals surface area contributed by atoms with Crippen LogP contribution in [0.1, 0.15) is 12.0 Å². The lowest BCUT2D eigenvalue weighted by atomic mass is 10.1. The molecule has 16 heavy (non-hydrogen) atoms. The first-order valence-corrected chi connectivity index (χ1v) is 6.66. The Kier molecular flexibility index (Phi) is 3.66. The molecule has 0 radical (unpaired) electrons. The molecule has 1 aromatic rings. The van der Waals surface area contributed by atoms with Gasteiger partial charge in [0.1, 0.15) is 0 Å². The second-order valence-corrected chi connectivity index (χ2v) is 5.95. The zero-order valence-corrected chi connectivity index (χ0v) is 11.7. The van der Waals surface area contributed by atoms with Crippen LogP contribution in [0, 0.1) is 0 Å². The first-order valence-electron chi connectivity index (χ1n) is 4.95. The highest BCUT2D eigenvalue weighted by Gasteiger charge is 2.29. The van der Waals surface area contributed by atoms with Gasteiger partial charge < -0.3 is 10.0 Å². The molecular weight excluding hydrogens is 338 g/mol. The quantitative estimate of drug-likeness (QED) is 0.834. The lowest BCUT2D eigenvalue weighted by Crippen LogP contribution is -2.25. The van der Waals surface area contributed by atoms with E-state index >= 15 is 0 Å². The van der Waals surface area contributed by atoms with Crippen molar-refractivity contribution in [2.75, 3.05) is 11.4 Å². The van der Waals surface area contributed by atoms with E-state index in [0.717, 1.165) is 15.7 Å². The summed E-state index contributed by atoms with van der Waals surface area (Å²) >= 11 is 6.79. The van der Waals surface area contributed by atoms with Crippen LogP contribution in [0.5, 0.6) is 0 Å². The number of carbonyl (C=O) groups excluding carboxylic acids is 1. The van der Waals surface area contributed by atoms with Crippen molar-refractivity contribution in [1.82, 2.24) is 0 Å². The largest absolute Gasteiger partial charge is 0.392 e. The van der Waals surface area contributed by atoms with Gasteiger partial charge in [0.25, 0.3) is 0 Å². The summed E-state index contributed by atoms with van der Waals surface area (Å²) in [6.07, 6.45) is 0.515. The lowest BCUT2D eigenvalue weighted by Gasteiger charge is -2.19. The Morgan fingerprint density at radius 3 is 2.81 bits per heavy atom. The van der Waals surface area contributed by atoms with Crippen LogP contribution in [0.3, 0.4) is 0 Å². The molecule has 86 valence electrons. The predicted molar refractivity (Wildman–Crippen MR) is 69.7 cm³/mol. The van der Waals surface area contributed by atoms with Crippen LogP contribution in [0.15, 0.2) is 22.7 Å². The summed E-state index contributed by atoms with van der Waals surface area (Å²) < 4.78 is 0.905. The molecule has 1 N–H and O–H groups in total. The second-order valence-electron chi connectivity index (χ2n) is 3.74. The maximum atomic E-state index is 11.7. The number of aliphatic hydroxyl groups excluding tert-OH is 1. The topological polar surface area (TPSA) is 40.5 Å². The molecule has 1 aliphatic heterocycles. The summed E-state index contributed by atoms with van der Waals surface area (Å²) in [6, 6.07) is 5.58. The Morgan fingerprint density at radius 2 is 2.25 bits per heavy atom. The van der Waals surface area contributed by atoms with Crippen molar-refractivity contribution in [3.05, 3.63) is 28.2 Å². The van der Waals surface area contributed by atoms with Gasteiger partial charge in [-0.15, -0.1) is 0 Å². The minimum Gasteiger partial charge on any atom is -0.392 e. The first-order chi connectivity index (χ1) is 7.61. The van der Waals surface area contributed by atoms with Crippen molar-refractivity contribution in [1.29, 1.82) is 0 Å². The standard InChI is InChI=1S/C11H11Br2NO2/c12-8-1-2-10(7(3-8)6-15)14-5-9(13)4-11(14)16/h1-3,9,15H,4-6H2. The average Bonchev–Trinajstić information content (AvgIpc) is 2.57. The molecule has 1 fully saturated rings. The predicted octanol–water partition coefficient (Wildman–Crippen LogP) is 2.44. The van der Waals surface area contributed by atoms with Crippen LogP contribution in [0.4, 0.5) is 5.69 Å². The van der Waals surface area contributed by atoms with Crippen LogP contribution >= 0.6 is 31.9 Å². The van der Waals surface area contributed by atoms with E-state index in [1.54, 1.807) is 4.90 Å². The Hall–Kier alpha value is -0.390. The molecule has 1 aliphatic rings. The van der Waals surface area contributed by atoms with E-state index in [-0.39, 0.29) is 17.3 Å². The fraction of sp³-hybridized carbons (Fsp3) is 0.364. The number of anilines is 1. The number of nitrogens with zero attached hydrogens (tertiary/aromatic N) is 1. The van der Waals surface area contributed by atoms with E-state index in [0.29, 0.717) is 13.0 Å². The van der Waals surface area contributed by atoms with E-state index in [4.69, 9.17) is 0 Å². The number of hydrogen-bond donors (Lipinski definition) is 1. The van der Waals surface area contributed by atoms with Gasteiger partial charge in [0.15, 0.2) is 0 Å². The first kappa shape index (κ1) is 12.1. The lowest BCUT2D eigenvalue weighted by molar-refractivity contribution is -0.117. The normalized spacial score (nSPS) is 20.6. The number of rotatable bonds is 2. The highest BCUT2D eigenvalue weighted by atomic mass is 79.9. The molecule has 0 aliphatic carbocycles. The third-order valence-corrected chi connectivity index (χ3v) is 3.69. The highest BCUT2D eigenvalue weighted by molar-refractivity contribution is 9.10. The molecule has 0 spiro atoms. The molecular formula is C11H11Br2NO2. The van der Waals surface area contributed by atoms with Gasteiger partial charge in [0.2, 0.25) is 5.91 Å². The molecule has 0 bridgehead atoms. The Labute approximate surface area is 111 Å². The Bertz CT molecular complexity index is 422. The molecule has 5 heteroatoms. The second kappa shape index (κ2) is 4.85. The smallest absolute Gasteiger partial charge is 0.228 e. The van der Waals surface area contributed by atoms with Crippen LogP contribution in [-0.4, -0.2) is 22.4 Å². The molecule has 3 nitrogen and oxygen atoms in total. The van der Waals surface area contributed by atoms with Crippen LogP contribution in [0.2, 0.25) is 0 Å². The third kappa shape index (κ3) is 2.31. The van der Waals surface area contributed by atoms with E-state index < -0.39 is 0 Å². The molecule has 1 heterocycles. The molecule has 1 atom stereocenters. The van der Waals surface area contributed by atoms with Crippen LogP contribution < -0.4 is 4.90 Å². The van der Waals surface area contributed by atoms with Gasteiger partial charge in [-0.2, -0.15) is 0 Å². The van der Waals surface area contributed by atoms with E-state index in [1.165, 1.54) is 0 Å². The molecule has 1 saturated heterocycles. The summed E-state index contributed by atoms with van der Waals surface area (Å²) in [5, 5.41) is 9.28. The summed E-state index contributed by atoms with van der Waals surface area (Å²) in [4.78, 5) is 13.7. The van der Waals surface area contributed by atoms with Crippen molar-refractivity contribution >= 4 is 43.5 Å². The molecule has 0 saturated carbocycles. The highest BCUT2D eigenvalue weighted by Crippen LogP contribution is 2.30. The maximum absolute atomic E-state index is 11.7. The number of halogens is 2. The zero-order chi connectivity index (χ0) is 11.7. The van der Waals surface area contributed by atoms with Crippen molar-refractivity contribution in [2.45, 2.75) is 17.9 Å². The minimum atomic E-state index is -0.0640. The van der Waals surface area contributed by atoms with E-state index in [9.17, 15) is 9.90 Å². The van der Waals surface area contributed by atoms with E-state index in [1.807, 2.05) is 18.2 Å². The number of alkyl halides is 1. The van der Waals surface area contributed by atoms with Crippen molar-refractivity contribution in [3.63, 3.8) is 0 Å². The van der Waals surface area contributed by atoms with Crippen molar-refractivity contribution < 1.29 is 9.90 Å². The maximum Gasteiger partial charge on any atom is 0.228 e. The van der Waals surface area contributed by atoms with Gasteiger partial charge in [0.05, 0.1) is 6.61 Å². The SMILES string of the molecule is O=C1CC(Br)CN1c1ccc(Br)cc1CO. The monoisotopic (exact) mass is 347 g/mol. The summed E-state index contributed by atoms with van der Waals surface area (Å²) in [5.74, 6) is 0.0962. The van der Waals surface area contributed by atoms with Gasteiger partial charge in [-0.1, -0.05) is 31.9 Å². The summed E-state index contributed by atoms with van der Waals surface area (Å²) in [7, 11) is 0. The Balaban J connectivity index is 2.36.